The number of nitrogens with zero attached hydrogens (tertiary/aromatic N) is 1. The number of hydrogen-bond donors (Lipinski definition) is 2. The van der Waals surface area contributed by atoms with Gasteiger partial charge in [0.05, 0.1) is 17.8 Å². The Morgan fingerprint density at radius 3 is 2.77 bits per heavy atom. The minimum atomic E-state index is -0.313. The Labute approximate surface area is 133 Å². The predicted molar refractivity (Wildman–Crippen MR) is 85.8 cm³/mol. The van der Waals surface area contributed by atoms with Crippen LogP contribution in [0.5, 0.6) is 11.5 Å². The summed E-state index contributed by atoms with van der Waals surface area (Å²) in [6.45, 7) is 2.20. The van der Waals surface area contributed by atoms with Gasteiger partial charge in [-0.1, -0.05) is 29.8 Å². The normalized spacial score (nSPS) is 10.6. The summed E-state index contributed by atoms with van der Waals surface area (Å²) in [7, 11) is 0. The van der Waals surface area contributed by atoms with Crippen LogP contribution in [0.4, 0.5) is 0 Å². The molecule has 22 heavy (non-hydrogen) atoms. The lowest BCUT2D eigenvalue weighted by molar-refractivity contribution is 0.0955. The second-order valence-corrected chi connectivity index (χ2v) is 4.75. The SMILES string of the molecule is CCOc1cc(/C=N/NC(=O)c2ccccc2)cc(Cl)c1O. The van der Waals surface area contributed by atoms with E-state index in [1.165, 1.54) is 12.3 Å². The molecule has 5 nitrogen and oxygen atoms in total. The van der Waals surface area contributed by atoms with Gasteiger partial charge in [0.15, 0.2) is 11.5 Å². The molecule has 0 saturated carbocycles. The molecule has 0 aromatic heterocycles. The van der Waals surface area contributed by atoms with Crippen molar-refractivity contribution in [1.29, 1.82) is 0 Å². The van der Waals surface area contributed by atoms with E-state index in [1.54, 1.807) is 37.3 Å². The monoisotopic (exact) mass is 318 g/mol. The van der Waals surface area contributed by atoms with E-state index in [-0.39, 0.29) is 22.4 Å². The molecule has 0 bridgehead atoms. The summed E-state index contributed by atoms with van der Waals surface area (Å²) in [5.41, 5.74) is 3.53. The highest BCUT2D eigenvalue weighted by atomic mass is 35.5. The van der Waals surface area contributed by atoms with Gasteiger partial charge in [0.1, 0.15) is 0 Å². The van der Waals surface area contributed by atoms with Gasteiger partial charge in [-0.2, -0.15) is 5.10 Å². The van der Waals surface area contributed by atoms with Crippen molar-refractivity contribution in [2.45, 2.75) is 6.92 Å². The third-order valence-corrected chi connectivity index (χ3v) is 3.05. The summed E-state index contributed by atoms with van der Waals surface area (Å²) in [5, 5.41) is 13.8. The number of carbonyl (C=O) groups is 1. The quantitative estimate of drug-likeness (QED) is 0.657. The van der Waals surface area contributed by atoms with E-state index in [0.717, 1.165) is 0 Å². The van der Waals surface area contributed by atoms with Gasteiger partial charge in [0.2, 0.25) is 0 Å². The van der Waals surface area contributed by atoms with Crippen LogP contribution < -0.4 is 10.2 Å². The summed E-state index contributed by atoms with van der Waals surface area (Å²) in [5.74, 6) is -0.161. The standard InChI is InChI=1S/C16H15ClN2O3/c1-2-22-14-9-11(8-13(17)15(14)20)10-18-19-16(21)12-6-4-3-5-7-12/h3-10,20H,2H2,1H3,(H,19,21)/b18-10+. The molecular weight excluding hydrogens is 304 g/mol. The van der Waals surface area contributed by atoms with Crippen LogP contribution in [0.1, 0.15) is 22.8 Å². The highest BCUT2D eigenvalue weighted by molar-refractivity contribution is 6.32. The molecule has 6 heteroatoms. The molecule has 2 aromatic rings. The first-order chi connectivity index (χ1) is 10.6. The van der Waals surface area contributed by atoms with Gasteiger partial charge in [-0.25, -0.2) is 5.43 Å². The Morgan fingerprint density at radius 1 is 1.36 bits per heavy atom. The van der Waals surface area contributed by atoms with Crippen molar-refractivity contribution in [2.24, 2.45) is 5.10 Å². The number of halogens is 1. The zero-order valence-electron chi connectivity index (χ0n) is 11.9. The lowest BCUT2D eigenvalue weighted by Gasteiger charge is -2.08. The van der Waals surface area contributed by atoms with Crippen molar-refractivity contribution in [3.8, 4) is 11.5 Å². The Morgan fingerprint density at radius 2 is 2.09 bits per heavy atom. The molecule has 0 fully saturated rings. The molecule has 114 valence electrons. The number of phenolic OH excluding ortho intramolecular Hbond substituents is 1. The van der Waals surface area contributed by atoms with Gasteiger partial charge in [0, 0.05) is 5.56 Å². The van der Waals surface area contributed by atoms with Gasteiger partial charge in [0.25, 0.3) is 5.91 Å². The van der Waals surface area contributed by atoms with E-state index >= 15 is 0 Å². The van der Waals surface area contributed by atoms with Crippen molar-refractivity contribution in [1.82, 2.24) is 5.43 Å². The van der Waals surface area contributed by atoms with Crippen LogP contribution >= 0.6 is 11.6 Å². The molecular formula is C16H15ClN2O3. The van der Waals surface area contributed by atoms with Crippen molar-refractivity contribution in [2.75, 3.05) is 6.61 Å². The molecule has 0 aliphatic rings. The number of nitrogens with one attached hydrogen (secondary N) is 1. The first kappa shape index (κ1) is 15.9. The molecule has 0 aliphatic carbocycles. The summed E-state index contributed by atoms with van der Waals surface area (Å²) >= 11 is 5.91. The second-order valence-electron chi connectivity index (χ2n) is 4.35. The van der Waals surface area contributed by atoms with Crippen LogP contribution in [0.2, 0.25) is 5.02 Å². The van der Waals surface area contributed by atoms with Crippen LogP contribution in [0.25, 0.3) is 0 Å². The molecule has 0 unspecified atom stereocenters. The number of ether oxygens (including phenoxy) is 1. The van der Waals surface area contributed by atoms with Gasteiger partial charge in [-0.3, -0.25) is 4.79 Å². The molecule has 1 amide bonds. The number of phenols is 1. The summed E-state index contributed by atoms with van der Waals surface area (Å²) in [6.07, 6.45) is 1.43. The van der Waals surface area contributed by atoms with Gasteiger partial charge < -0.3 is 9.84 Å². The zero-order valence-corrected chi connectivity index (χ0v) is 12.7. The molecule has 0 saturated heterocycles. The van der Waals surface area contributed by atoms with Gasteiger partial charge in [-0.05, 0) is 36.8 Å². The smallest absolute Gasteiger partial charge is 0.271 e. The average molecular weight is 319 g/mol. The summed E-state index contributed by atoms with van der Waals surface area (Å²) in [4.78, 5) is 11.8. The van der Waals surface area contributed by atoms with Crippen molar-refractivity contribution in [3.05, 3.63) is 58.6 Å². The maximum atomic E-state index is 11.8. The Hall–Kier alpha value is -2.53. The highest BCUT2D eigenvalue weighted by Gasteiger charge is 2.08. The number of aromatic hydroxyl groups is 1. The Kier molecular flexibility index (Phi) is 5.38. The molecule has 0 spiro atoms. The maximum absolute atomic E-state index is 11.8. The third kappa shape index (κ3) is 3.99. The molecule has 0 aliphatic heterocycles. The highest BCUT2D eigenvalue weighted by Crippen LogP contribution is 2.34. The first-order valence-electron chi connectivity index (χ1n) is 6.65. The topological polar surface area (TPSA) is 70.9 Å². The summed E-state index contributed by atoms with van der Waals surface area (Å²) < 4.78 is 5.27. The van der Waals surface area contributed by atoms with Gasteiger partial charge in [-0.15, -0.1) is 0 Å². The fraction of sp³-hybridized carbons (Fsp3) is 0.125. The fourth-order valence-electron chi connectivity index (χ4n) is 1.75. The lowest BCUT2D eigenvalue weighted by atomic mass is 10.2. The van der Waals surface area contributed by atoms with Crippen molar-refractivity contribution < 1.29 is 14.6 Å². The van der Waals surface area contributed by atoms with Crippen LogP contribution in [0.15, 0.2) is 47.6 Å². The number of carbonyl (C=O) groups excluding carboxylic acids is 1. The second kappa shape index (κ2) is 7.47. The molecule has 0 atom stereocenters. The van der Waals surface area contributed by atoms with E-state index in [4.69, 9.17) is 16.3 Å². The summed E-state index contributed by atoms with van der Waals surface area (Å²) in [6, 6.07) is 11.9. The lowest BCUT2D eigenvalue weighted by Crippen LogP contribution is -2.17. The predicted octanol–water partition coefficient (Wildman–Crippen LogP) is 3.21. The van der Waals surface area contributed by atoms with Crippen molar-refractivity contribution >= 4 is 23.7 Å². The molecule has 2 rings (SSSR count). The van der Waals surface area contributed by atoms with E-state index in [0.29, 0.717) is 17.7 Å². The Bertz CT molecular complexity index is 687. The van der Waals surface area contributed by atoms with E-state index in [2.05, 4.69) is 10.5 Å². The number of rotatable bonds is 5. The number of benzene rings is 2. The van der Waals surface area contributed by atoms with Crippen LogP contribution in [0.3, 0.4) is 0 Å². The van der Waals surface area contributed by atoms with Crippen molar-refractivity contribution in [3.63, 3.8) is 0 Å². The Balaban J connectivity index is 2.09. The largest absolute Gasteiger partial charge is 0.503 e. The molecule has 0 radical (unpaired) electrons. The minimum Gasteiger partial charge on any atom is -0.503 e. The number of hydrazone groups is 1. The third-order valence-electron chi connectivity index (χ3n) is 2.77. The van der Waals surface area contributed by atoms with Crippen LogP contribution in [-0.2, 0) is 0 Å². The first-order valence-corrected chi connectivity index (χ1v) is 7.03. The minimum absolute atomic E-state index is 0.117. The number of amides is 1. The van der Waals surface area contributed by atoms with Gasteiger partial charge >= 0.3 is 0 Å². The van der Waals surface area contributed by atoms with E-state index < -0.39 is 0 Å². The average Bonchev–Trinajstić information content (AvgIpc) is 2.53. The number of hydrogen-bond acceptors (Lipinski definition) is 4. The van der Waals surface area contributed by atoms with E-state index in [1.807, 2.05) is 6.07 Å². The fourth-order valence-corrected chi connectivity index (χ4v) is 1.97. The molecule has 2 N–H and O–H groups in total. The van der Waals surface area contributed by atoms with Crippen LogP contribution in [0, 0.1) is 0 Å². The zero-order chi connectivity index (χ0) is 15.9. The van der Waals surface area contributed by atoms with E-state index in [9.17, 15) is 9.90 Å². The van der Waals surface area contributed by atoms with Crippen LogP contribution in [-0.4, -0.2) is 23.8 Å². The molecule has 2 aromatic carbocycles. The maximum Gasteiger partial charge on any atom is 0.271 e. The molecule has 0 heterocycles.